The van der Waals surface area contributed by atoms with Crippen molar-refractivity contribution in [1.82, 2.24) is 5.01 Å². The van der Waals surface area contributed by atoms with E-state index in [1.54, 1.807) is 21.1 Å². The van der Waals surface area contributed by atoms with Crippen molar-refractivity contribution < 1.29 is 9.47 Å². The minimum Gasteiger partial charge on any atom is -0.497 e. The van der Waals surface area contributed by atoms with Gasteiger partial charge in [-0.2, -0.15) is 5.10 Å². The molecule has 2 aromatic carbocycles. The van der Waals surface area contributed by atoms with Crippen LogP contribution < -0.4 is 9.47 Å². The van der Waals surface area contributed by atoms with Crippen LogP contribution in [0.3, 0.4) is 0 Å². The summed E-state index contributed by atoms with van der Waals surface area (Å²) in [5.74, 6) is 2.41. The monoisotopic (exact) mass is 349 g/mol. The van der Waals surface area contributed by atoms with Crippen molar-refractivity contribution in [3.8, 4) is 11.5 Å². The first-order valence-corrected chi connectivity index (χ1v) is 8.86. The second kappa shape index (κ2) is 6.48. The van der Waals surface area contributed by atoms with Crippen LogP contribution in [0.25, 0.3) is 0 Å². The van der Waals surface area contributed by atoms with Gasteiger partial charge in [-0.1, -0.05) is 18.2 Å². The van der Waals surface area contributed by atoms with Gasteiger partial charge in [0.15, 0.2) is 0 Å². The number of hydrogen-bond acceptors (Lipinski definition) is 4. The van der Waals surface area contributed by atoms with Gasteiger partial charge in [-0.05, 0) is 55.2 Å². The molecule has 1 aliphatic carbocycles. The summed E-state index contributed by atoms with van der Waals surface area (Å²) in [5, 5.41) is 15.0. The molecule has 2 aromatic rings. The van der Waals surface area contributed by atoms with Gasteiger partial charge in [0.05, 0.1) is 26.0 Å². The summed E-state index contributed by atoms with van der Waals surface area (Å²) in [6.07, 6.45) is 2.04. The molecule has 0 amide bonds. The molecule has 1 aliphatic heterocycles. The summed E-state index contributed by atoms with van der Waals surface area (Å²) in [5.41, 5.74) is 4.69. The molecule has 26 heavy (non-hydrogen) atoms. The van der Waals surface area contributed by atoms with Crippen LogP contribution in [0.4, 0.5) is 0 Å². The highest BCUT2D eigenvalue weighted by molar-refractivity contribution is 6.07. The number of methoxy groups -OCH3 is 2. The van der Waals surface area contributed by atoms with Crippen LogP contribution in [0.15, 0.2) is 47.6 Å². The molecule has 2 atom stereocenters. The van der Waals surface area contributed by atoms with Gasteiger partial charge in [0.1, 0.15) is 17.3 Å². The molecule has 0 aromatic heterocycles. The SMILES string of the molecule is COc1ccc([C@H]2[C@H]3CCc4ccc(OC)cc4C3=NN2C(C)=N)cc1. The minimum absolute atomic E-state index is 0.0488. The van der Waals surface area contributed by atoms with Gasteiger partial charge in [-0.3, -0.25) is 5.41 Å². The van der Waals surface area contributed by atoms with E-state index in [1.807, 2.05) is 23.2 Å². The Morgan fingerprint density at radius 3 is 2.42 bits per heavy atom. The summed E-state index contributed by atoms with van der Waals surface area (Å²) in [6.45, 7) is 1.80. The zero-order valence-corrected chi connectivity index (χ0v) is 15.3. The van der Waals surface area contributed by atoms with Gasteiger partial charge in [0.25, 0.3) is 0 Å². The van der Waals surface area contributed by atoms with Gasteiger partial charge in [0.2, 0.25) is 0 Å². The molecule has 1 N–H and O–H groups in total. The molecule has 0 bridgehead atoms. The van der Waals surface area contributed by atoms with Crippen molar-refractivity contribution in [3.05, 3.63) is 59.2 Å². The number of fused-ring (bicyclic) bond motifs is 3. The number of benzene rings is 2. The van der Waals surface area contributed by atoms with Crippen LogP contribution >= 0.6 is 0 Å². The van der Waals surface area contributed by atoms with E-state index in [1.165, 1.54) is 5.56 Å². The Morgan fingerprint density at radius 1 is 1.08 bits per heavy atom. The maximum atomic E-state index is 8.23. The largest absolute Gasteiger partial charge is 0.497 e. The van der Waals surface area contributed by atoms with Gasteiger partial charge in [-0.25, -0.2) is 5.01 Å². The Balaban J connectivity index is 1.77. The minimum atomic E-state index is 0.0488. The predicted molar refractivity (Wildman–Crippen MR) is 102 cm³/mol. The summed E-state index contributed by atoms with van der Waals surface area (Å²) in [4.78, 5) is 0. The third kappa shape index (κ3) is 2.64. The fourth-order valence-corrected chi connectivity index (χ4v) is 4.03. The van der Waals surface area contributed by atoms with Crippen LogP contribution in [0, 0.1) is 11.3 Å². The first kappa shape index (κ1) is 16.6. The number of rotatable bonds is 3. The smallest absolute Gasteiger partial charge is 0.119 e. The zero-order valence-electron chi connectivity index (χ0n) is 15.3. The number of hydrazone groups is 1. The predicted octanol–water partition coefficient (Wildman–Crippen LogP) is 4.02. The number of aryl methyl sites for hydroxylation is 1. The molecule has 0 radical (unpaired) electrons. The Labute approximate surface area is 153 Å². The standard InChI is InChI=1S/C21H23N3O2/c1-13(22)24-21(15-5-8-16(25-2)9-6-15)18-11-7-14-4-10-17(26-3)12-19(14)20(18)23-24/h4-6,8-10,12,18,21-22H,7,11H2,1-3H3/t18-,21-/m0/s1. The van der Waals surface area contributed by atoms with Crippen LogP contribution in [-0.4, -0.2) is 30.8 Å². The lowest BCUT2D eigenvalue weighted by molar-refractivity contribution is 0.303. The zero-order chi connectivity index (χ0) is 18.3. The van der Waals surface area contributed by atoms with E-state index in [2.05, 4.69) is 24.3 Å². The second-order valence-corrected chi connectivity index (χ2v) is 6.80. The molecule has 4 rings (SSSR count). The maximum absolute atomic E-state index is 8.23. The number of hydrogen-bond donors (Lipinski definition) is 1. The molecular weight excluding hydrogens is 326 g/mol. The topological polar surface area (TPSA) is 57.9 Å². The van der Waals surface area contributed by atoms with Crippen molar-refractivity contribution in [2.45, 2.75) is 25.8 Å². The lowest BCUT2D eigenvalue weighted by Crippen LogP contribution is -2.30. The fraction of sp³-hybridized carbons (Fsp3) is 0.333. The van der Waals surface area contributed by atoms with Crippen LogP contribution in [0.2, 0.25) is 0 Å². The van der Waals surface area contributed by atoms with E-state index in [4.69, 9.17) is 20.0 Å². The Bertz CT molecular complexity index is 873. The van der Waals surface area contributed by atoms with Gasteiger partial charge in [-0.15, -0.1) is 0 Å². The van der Waals surface area contributed by atoms with Crippen molar-refractivity contribution in [2.24, 2.45) is 11.0 Å². The van der Waals surface area contributed by atoms with Crippen LogP contribution in [0.5, 0.6) is 11.5 Å². The van der Waals surface area contributed by atoms with Crippen molar-refractivity contribution in [3.63, 3.8) is 0 Å². The van der Waals surface area contributed by atoms with E-state index in [-0.39, 0.29) is 12.0 Å². The number of nitrogens with zero attached hydrogens (tertiary/aromatic N) is 2. The highest BCUT2D eigenvalue weighted by atomic mass is 16.5. The summed E-state index contributed by atoms with van der Waals surface area (Å²) in [7, 11) is 3.36. The summed E-state index contributed by atoms with van der Waals surface area (Å²) < 4.78 is 10.7. The molecule has 0 unspecified atom stereocenters. The Kier molecular flexibility index (Phi) is 4.15. The van der Waals surface area contributed by atoms with Crippen molar-refractivity contribution in [2.75, 3.05) is 14.2 Å². The van der Waals surface area contributed by atoms with E-state index >= 15 is 0 Å². The van der Waals surface area contributed by atoms with Crippen molar-refractivity contribution in [1.29, 1.82) is 5.41 Å². The second-order valence-electron chi connectivity index (χ2n) is 6.80. The average Bonchev–Trinajstić information content (AvgIpc) is 3.08. The maximum Gasteiger partial charge on any atom is 0.119 e. The third-order valence-electron chi connectivity index (χ3n) is 5.33. The molecule has 2 aliphatic rings. The van der Waals surface area contributed by atoms with Gasteiger partial charge in [0, 0.05) is 11.5 Å². The molecule has 5 nitrogen and oxygen atoms in total. The molecule has 0 spiro atoms. The Hall–Kier alpha value is -2.82. The van der Waals surface area contributed by atoms with Crippen LogP contribution in [-0.2, 0) is 6.42 Å². The molecule has 0 saturated carbocycles. The van der Waals surface area contributed by atoms with Crippen LogP contribution in [0.1, 0.15) is 36.1 Å². The number of amidine groups is 1. The van der Waals surface area contributed by atoms with E-state index in [0.717, 1.165) is 41.2 Å². The summed E-state index contributed by atoms with van der Waals surface area (Å²) in [6, 6.07) is 14.4. The molecule has 134 valence electrons. The quantitative estimate of drug-likeness (QED) is 0.672. The van der Waals surface area contributed by atoms with Gasteiger partial charge < -0.3 is 9.47 Å². The molecule has 0 saturated heterocycles. The lowest BCUT2D eigenvalue weighted by atomic mass is 9.77. The fourth-order valence-electron chi connectivity index (χ4n) is 4.03. The van der Waals surface area contributed by atoms with Crippen molar-refractivity contribution >= 4 is 11.5 Å². The average molecular weight is 349 g/mol. The molecule has 0 fully saturated rings. The highest BCUT2D eigenvalue weighted by Gasteiger charge is 2.42. The number of nitrogens with one attached hydrogen (secondary N) is 1. The molecular formula is C21H23N3O2. The van der Waals surface area contributed by atoms with E-state index in [0.29, 0.717) is 5.84 Å². The molecule has 5 heteroatoms. The summed E-state index contributed by atoms with van der Waals surface area (Å²) >= 11 is 0. The van der Waals surface area contributed by atoms with E-state index in [9.17, 15) is 0 Å². The van der Waals surface area contributed by atoms with Gasteiger partial charge >= 0.3 is 0 Å². The Morgan fingerprint density at radius 2 is 1.77 bits per heavy atom. The lowest BCUT2D eigenvalue weighted by Gasteiger charge is -2.30. The molecule has 1 heterocycles. The third-order valence-corrected chi connectivity index (χ3v) is 5.33. The first-order chi connectivity index (χ1) is 12.6. The normalized spacial score (nSPS) is 20.9. The highest BCUT2D eigenvalue weighted by Crippen LogP contribution is 2.44. The van der Waals surface area contributed by atoms with E-state index < -0.39 is 0 Å². The first-order valence-electron chi connectivity index (χ1n) is 8.86. The number of ether oxygens (including phenoxy) is 2.